The molecular weight excluding hydrogens is 222 g/mol. The van der Waals surface area contributed by atoms with Crippen molar-refractivity contribution < 1.29 is 9.90 Å². The molecule has 0 bridgehead atoms. The minimum atomic E-state index is -0.648. The Kier molecular flexibility index (Phi) is 4.14. The number of aliphatic carboxylic acids is 1. The van der Waals surface area contributed by atoms with Crippen molar-refractivity contribution in [3.05, 3.63) is 0 Å². The second kappa shape index (κ2) is 5.41. The first-order valence-corrected chi connectivity index (χ1v) is 7.47. The van der Waals surface area contributed by atoms with Crippen molar-refractivity contribution in [1.29, 1.82) is 0 Å². The molecule has 1 saturated heterocycles. The van der Waals surface area contributed by atoms with Gasteiger partial charge in [0.2, 0.25) is 0 Å². The molecule has 4 heteroatoms. The predicted molar refractivity (Wildman–Crippen MR) is 66.9 cm³/mol. The van der Waals surface area contributed by atoms with Gasteiger partial charge in [0.1, 0.15) is 5.54 Å². The normalized spacial score (nSPS) is 32.5. The van der Waals surface area contributed by atoms with Crippen LogP contribution in [-0.4, -0.2) is 34.2 Å². The lowest BCUT2D eigenvalue weighted by Gasteiger charge is -2.38. The third-order valence-electron chi connectivity index (χ3n) is 3.74. The Balaban J connectivity index is 1.98. The zero-order valence-corrected chi connectivity index (χ0v) is 10.5. The number of carbonyl (C=O) groups is 1. The summed E-state index contributed by atoms with van der Waals surface area (Å²) in [5, 5.41) is 12.9. The van der Waals surface area contributed by atoms with Gasteiger partial charge in [-0.2, -0.15) is 11.8 Å². The Morgan fingerprint density at radius 3 is 2.56 bits per heavy atom. The van der Waals surface area contributed by atoms with Crippen molar-refractivity contribution in [2.24, 2.45) is 0 Å². The molecule has 2 N–H and O–H groups in total. The Hall–Kier alpha value is -0.220. The standard InChI is InChI=1S/C12H21NO2S/c14-11(15)12(7-4-8-16-9-12)13-10-5-2-1-3-6-10/h10,13H,1-9H2,(H,14,15). The van der Waals surface area contributed by atoms with Gasteiger partial charge >= 0.3 is 5.97 Å². The second-order valence-corrected chi connectivity index (χ2v) is 6.13. The number of rotatable bonds is 3. The minimum absolute atomic E-state index is 0.434. The van der Waals surface area contributed by atoms with Gasteiger partial charge in [-0.25, -0.2) is 0 Å². The molecule has 1 heterocycles. The Morgan fingerprint density at radius 1 is 1.25 bits per heavy atom. The van der Waals surface area contributed by atoms with Crippen LogP contribution in [0.15, 0.2) is 0 Å². The Bertz CT molecular complexity index is 245. The molecule has 1 unspecified atom stereocenters. The van der Waals surface area contributed by atoms with E-state index in [0.29, 0.717) is 6.04 Å². The molecule has 0 aromatic heterocycles. The summed E-state index contributed by atoms with van der Waals surface area (Å²) in [5.74, 6) is 1.20. The zero-order valence-electron chi connectivity index (χ0n) is 9.71. The van der Waals surface area contributed by atoms with Crippen molar-refractivity contribution in [2.45, 2.75) is 56.5 Å². The molecule has 2 fully saturated rings. The maximum Gasteiger partial charge on any atom is 0.324 e. The van der Waals surface area contributed by atoms with Crippen molar-refractivity contribution in [3.8, 4) is 0 Å². The summed E-state index contributed by atoms with van der Waals surface area (Å²) in [6.07, 6.45) is 7.94. The molecule has 0 spiro atoms. The van der Waals surface area contributed by atoms with Crippen molar-refractivity contribution >= 4 is 17.7 Å². The van der Waals surface area contributed by atoms with E-state index in [1.165, 1.54) is 19.3 Å². The summed E-state index contributed by atoms with van der Waals surface area (Å²) in [5.41, 5.74) is -0.634. The predicted octanol–water partition coefficient (Wildman–Crippen LogP) is 2.26. The van der Waals surface area contributed by atoms with Crippen LogP contribution in [0.5, 0.6) is 0 Å². The fraction of sp³-hybridized carbons (Fsp3) is 0.917. The van der Waals surface area contributed by atoms with Crippen molar-refractivity contribution in [2.75, 3.05) is 11.5 Å². The number of hydrogen-bond donors (Lipinski definition) is 2. The van der Waals surface area contributed by atoms with E-state index in [2.05, 4.69) is 5.32 Å². The molecule has 92 valence electrons. The topological polar surface area (TPSA) is 49.3 Å². The monoisotopic (exact) mass is 243 g/mol. The number of carboxylic acids is 1. The molecule has 1 saturated carbocycles. The first-order chi connectivity index (χ1) is 7.73. The second-order valence-electron chi connectivity index (χ2n) is 5.02. The minimum Gasteiger partial charge on any atom is -0.480 e. The van der Waals surface area contributed by atoms with Crippen molar-refractivity contribution in [1.82, 2.24) is 5.32 Å². The molecule has 2 aliphatic rings. The van der Waals surface area contributed by atoms with Gasteiger partial charge < -0.3 is 5.11 Å². The van der Waals surface area contributed by atoms with Gasteiger partial charge in [0, 0.05) is 11.8 Å². The van der Waals surface area contributed by atoms with Crippen LogP contribution in [0.3, 0.4) is 0 Å². The van der Waals surface area contributed by atoms with Gasteiger partial charge in [0.25, 0.3) is 0 Å². The van der Waals surface area contributed by atoms with E-state index in [9.17, 15) is 9.90 Å². The van der Waals surface area contributed by atoms with Gasteiger partial charge in [-0.3, -0.25) is 10.1 Å². The first kappa shape index (κ1) is 12.2. The molecule has 0 radical (unpaired) electrons. The maximum absolute atomic E-state index is 11.5. The smallest absolute Gasteiger partial charge is 0.324 e. The highest BCUT2D eigenvalue weighted by molar-refractivity contribution is 7.99. The highest BCUT2D eigenvalue weighted by Crippen LogP contribution is 2.29. The van der Waals surface area contributed by atoms with E-state index < -0.39 is 11.5 Å². The largest absolute Gasteiger partial charge is 0.480 e. The highest BCUT2D eigenvalue weighted by atomic mass is 32.2. The average Bonchev–Trinajstić information content (AvgIpc) is 2.31. The van der Waals surface area contributed by atoms with E-state index in [4.69, 9.17) is 0 Å². The van der Waals surface area contributed by atoms with Gasteiger partial charge in [0.05, 0.1) is 0 Å². The number of carboxylic acid groups (broad SMARTS) is 1. The summed E-state index contributed by atoms with van der Waals surface area (Å²) in [4.78, 5) is 11.5. The van der Waals surface area contributed by atoms with E-state index in [1.54, 1.807) is 11.8 Å². The fourth-order valence-electron chi connectivity index (χ4n) is 2.78. The Morgan fingerprint density at radius 2 is 2.00 bits per heavy atom. The molecule has 3 nitrogen and oxygen atoms in total. The van der Waals surface area contributed by atoms with E-state index in [0.717, 1.165) is 37.2 Å². The first-order valence-electron chi connectivity index (χ1n) is 6.32. The molecule has 1 aliphatic heterocycles. The molecule has 0 amide bonds. The lowest BCUT2D eigenvalue weighted by Crippen LogP contribution is -2.59. The summed E-state index contributed by atoms with van der Waals surface area (Å²) in [7, 11) is 0. The summed E-state index contributed by atoms with van der Waals surface area (Å²) in [6.45, 7) is 0. The van der Waals surface area contributed by atoms with Crippen LogP contribution in [0, 0.1) is 0 Å². The molecule has 0 aromatic carbocycles. The third-order valence-corrected chi connectivity index (χ3v) is 5.01. The van der Waals surface area contributed by atoms with Crippen LogP contribution in [0.4, 0.5) is 0 Å². The highest BCUT2D eigenvalue weighted by Gasteiger charge is 2.41. The number of thioether (sulfide) groups is 1. The van der Waals surface area contributed by atoms with Gasteiger partial charge in [-0.05, 0) is 31.4 Å². The average molecular weight is 243 g/mol. The summed E-state index contributed by atoms with van der Waals surface area (Å²) >= 11 is 1.78. The van der Waals surface area contributed by atoms with Crippen molar-refractivity contribution in [3.63, 3.8) is 0 Å². The SMILES string of the molecule is O=C(O)C1(NC2CCCCC2)CCCSC1. The van der Waals surface area contributed by atoms with Crippen LogP contribution in [-0.2, 0) is 4.79 Å². The zero-order chi connectivity index (χ0) is 11.4. The van der Waals surface area contributed by atoms with Crippen LogP contribution >= 0.6 is 11.8 Å². The number of nitrogens with one attached hydrogen (secondary N) is 1. The van der Waals surface area contributed by atoms with Crippen LogP contribution in [0.2, 0.25) is 0 Å². The Labute approximate surface area is 101 Å². The van der Waals surface area contributed by atoms with E-state index in [1.807, 2.05) is 0 Å². The lowest BCUT2D eigenvalue weighted by molar-refractivity contribution is -0.144. The fourth-order valence-corrected chi connectivity index (χ4v) is 3.97. The quantitative estimate of drug-likeness (QED) is 0.798. The molecule has 1 aliphatic carbocycles. The lowest BCUT2D eigenvalue weighted by atomic mass is 9.89. The third kappa shape index (κ3) is 2.72. The molecule has 2 rings (SSSR count). The van der Waals surface area contributed by atoms with E-state index >= 15 is 0 Å². The van der Waals surface area contributed by atoms with E-state index in [-0.39, 0.29) is 0 Å². The van der Waals surface area contributed by atoms with Gasteiger partial charge in [0.15, 0.2) is 0 Å². The summed E-state index contributed by atoms with van der Waals surface area (Å²) < 4.78 is 0. The van der Waals surface area contributed by atoms with Gasteiger partial charge in [-0.15, -0.1) is 0 Å². The molecule has 1 atom stereocenters. The van der Waals surface area contributed by atoms with Gasteiger partial charge in [-0.1, -0.05) is 19.3 Å². The van der Waals surface area contributed by atoms with Crippen LogP contribution in [0.1, 0.15) is 44.9 Å². The summed E-state index contributed by atoms with van der Waals surface area (Å²) in [6, 6.07) is 0.434. The van der Waals surface area contributed by atoms with Crippen LogP contribution in [0.25, 0.3) is 0 Å². The maximum atomic E-state index is 11.5. The van der Waals surface area contributed by atoms with Crippen LogP contribution < -0.4 is 5.32 Å². The molecule has 0 aromatic rings. The molecular formula is C12H21NO2S. The molecule has 16 heavy (non-hydrogen) atoms. The number of hydrogen-bond acceptors (Lipinski definition) is 3.